The average Bonchev–Trinajstić information content (AvgIpc) is 3.27. The van der Waals surface area contributed by atoms with Gasteiger partial charge < -0.3 is 24.5 Å². The molecule has 44 heavy (non-hydrogen) atoms. The van der Waals surface area contributed by atoms with E-state index in [9.17, 15) is 19.5 Å². The van der Waals surface area contributed by atoms with Crippen molar-refractivity contribution >= 4 is 35.0 Å². The molecular weight excluding hydrogens is 578 g/mol. The van der Waals surface area contributed by atoms with Gasteiger partial charge >= 0.3 is 0 Å². The number of aliphatic hydroxyl groups excluding tert-OH is 1. The lowest BCUT2D eigenvalue weighted by Crippen LogP contribution is -2.56. The van der Waals surface area contributed by atoms with Gasteiger partial charge in [-0.1, -0.05) is 91.2 Å². The summed E-state index contributed by atoms with van der Waals surface area (Å²) < 4.78 is 6.96. The number of para-hydroxylation sites is 1. The highest BCUT2D eigenvalue weighted by atomic mass is 35.5. The van der Waals surface area contributed by atoms with Crippen LogP contribution in [0.2, 0.25) is 5.02 Å². The standard InChI is InChI=1S/C35H40ClN3O5/c1-24-13-10-16-26(36)29(24)38-21-12-18-35-28(32(42)39(30(35)33(38)43)20-8-3-4-9-22-40)27-31(41)37(19-11-17-34(27,2)44-35)23-25-14-6-5-7-15-25/h5-7,10-18,27-28,30,40H,3-4,8-9,19-23H2,1-2H3/t27-,28+,30?,34+,35+/m1/s1. The minimum Gasteiger partial charge on any atom is -0.396 e. The van der Waals surface area contributed by atoms with Crippen LogP contribution in [0.3, 0.4) is 0 Å². The molecule has 4 aliphatic rings. The first-order valence-electron chi connectivity index (χ1n) is 15.6. The normalized spacial score (nSPS) is 29.5. The quantitative estimate of drug-likeness (QED) is 0.326. The number of carbonyl (C=O) groups is 3. The summed E-state index contributed by atoms with van der Waals surface area (Å²) in [6.45, 7) is 5.34. The van der Waals surface area contributed by atoms with E-state index in [2.05, 4.69) is 0 Å². The molecule has 9 heteroatoms. The van der Waals surface area contributed by atoms with E-state index in [1.165, 1.54) is 0 Å². The monoisotopic (exact) mass is 617 g/mol. The van der Waals surface area contributed by atoms with Crippen LogP contribution in [0.1, 0.15) is 43.7 Å². The van der Waals surface area contributed by atoms with E-state index in [0.29, 0.717) is 43.2 Å². The van der Waals surface area contributed by atoms with Crippen LogP contribution in [-0.2, 0) is 25.7 Å². The summed E-state index contributed by atoms with van der Waals surface area (Å²) in [7, 11) is 0. The van der Waals surface area contributed by atoms with Crippen LogP contribution in [0.5, 0.6) is 0 Å². The van der Waals surface area contributed by atoms with Crippen LogP contribution >= 0.6 is 11.6 Å². The van der Waals surface area contributed by atoms with Crippen LogP contribution in [0, 0.1) is 18.8 Å². The van der Waals surface area contributed by atoms with Gasteiger partial charge in [0.15, 0.2) is 0 Å². The summed E-state index contributed by atoms with van der Waals surface area (Å²) in [6, 6.07) is 14.4. The Labute approximate surface area is 263 Å². The van der Waals surface area contributed by atoms with Gasteiger partial charge in [-0.2, -0.15) is 0 Å². The van der Waals surface area contributed by atoms with Crippen molar-refractivity contribution in [2.24, 2.45) is 11.8 Å². The molecule has 2 fully saturated rings. The molecule has 0 bridgehead atoms. The predicted octanol–water partition coefficient (Wildman–Crippen LogP) is 4.67. The lowest BCUT2D eigenvalue weighted by Gasteiger charge is -2.37. The number of unbranched alkanes of at least 4 members (excludes halogenated alkanes) is 3. The van der Waals surface area contributed by atoms with Gasteiger partial charge in [0.2, 0.25) is 11.8 Å². The number of likely N-dealkylation sites (tertiary alicyclic amines) is 1. The molecule has 0 aromatic heterocycles. The number of carbonyl (C=O) groups excluding carboxylic acids is 3. The second-order valence-corrected chi connectivity index (χ2v) is 12.9. The molecule has 1 unspecified atom stereocenters. The number of rotatable bonds is 9. The summed E-state index contributed by atoms with van der Waals surface area (Å²) in [6.07, 6.45) is 10.6. The van der Waals surface area contributed by atoms with Crippen LogP contribution in [-0.4, -0.2) is 76.1 Å². The Bertz CT molecular complexity index is 1470. The molecule has 8 nitrogen and oxygen atoms in total. The molecular formula is C35H40ClN3O5. The number of aryl methyl sites for hydroxylation is 1. The molecule has 2 aromatic rings. The lowest BCUT2D eigenvalue weighted by molar-refractivity contribution is -0.148. The van der Waals surface area contributed by atoms with Crippen molar-refractivity contribution in [3.05, 3.63) is 89.0 Å². The zero-order valence-electron chi connectivity index (χ0n) is 25.3. The number of aliphatic hydroxyl groups is 1. The summed E-state index contributed by atoms with van der Waals surface area (Å²) >= 11 is 6.66. The van der Waals surface area contributed by atoms with E-state index in [1.54, 1.807) is 20.8 Å². The molecule has 2 saturated heterocycles. The van der Waals surface area contributed by atoms with Gasteiger partial charge in [0, 0.05) is 32.8 Å². The van der Waals surface area contributed by atoms with Crippen LogP contribution in [0.4, 0.5) is 5.69 Å². The lowest BCUT2D eigenvalue weighted by atomic mass is 9.74. The van der Waals surface area contributed by atoms with Crippen LogP contribution in [0.15, 0.2) is 72.8 Å². The van der Waals surface area contributed by atoms with E-state index in [0.717, 1.165) is 24.0 Å². The molecule has 5 atom stereocenters. The summed E-state index contributed by atoms with van der Waals surface area (Å²) in [5, 5.41) is 9.69. The molecule has 1 N–H and O–H groups in total. The largest absolute Gasteiger partial charge is 0.396 e. The third-order valence-electron chi connectivity index (χ3n) is 9.62. The maximum atomic E-state index is 14.7. The number of ether oxygens (including phenoxy) is 1. The van der Waals surface area contributed by atoms with Gasteiger partial charge in [-0.25, -0.2) is 0 Å². The van der Waals surface area contributed by atoms with Crippen LogP contribution in [0.25, 0.3) is 0 Å². The first-order valence-corrected chi connectivity index (χ1v) is 16.0. The number of hydrogen-bond donors (Lipinski definition) is 1. The van der Waals surface area contributed by atoms with E-state index in [-0.39, 0.29) is 30.9 Å². The molecule has 232 valence electrons. The van der Waals surface area contributed by atoms with Crippen molar-refractivity contribution in [1.29, 1.82) is 0 Å². The van der Waals surface area contributed by atoms with Crippen molar-refractivity contribution in [3.8, 4) is 0 Å². The summed E-state index contributed by atoms with van der Waals surface area (Å²) in [5.41, 5.74) is 0.0722. The van der Waals surface area contributed by atoms with Gasteiger partial charge in [-0.05, 0) is 43.9 Å². The van der Waals surface area contributed by atoms with Crippen molar-refractivity contribution in [2.45, 2.75) is 63.3 Å². The topological polar surface area (TPSA) is 90.4 Å². The van der Waals surface area contributed by atoms with Crippen molar-refractivity contribution in [1.82, 2.24) is 9.80 Å². The highest BCUT2D eigenvalue weighted by Crippen LogP contribution is 2.57. The number of halogens is 1. The Kier molecular flexibility index (Phi) is 8.44. The van der Waals surface area contributed by atoms with Gasteiger partial charge in [-0.3, -0.25) is 14.4 Å². The molecule has 6 rings (SSSR count). The molecule has 3 amide bonds. The van der Waals surface area contributed by atoms with Crippen molar-refractivity contribution in [3.63, 3.8) is 0 Å². The Balaban J connectivity index is 1.41. The van der Waals surface area contributed by atoms with Gasteiger partial charge in [0.05, 0.1) is 28.1 Å². The minimum atomic E-state index is -1.32. The Hall–Kier alpha value is -3.46. The van der Waals surface area contributed by atoms with Gasteiger partial charge in [-0.15, -0.1) is 0 Å². The fraction of sp³-hybridized carbons (Fsp3) is 0.457. The maximum Gasteiger partial charge on any atom is 0.253 e. The van der Waals surface area contributed by atoms with Crippen molar-refractivity contribution < 1.29 is 24.2 Å². The Morgan fingerprint density at radius 2 is 1.64 bits per heavy atom. The number of hydrogen-bond acceptors (Lipinski definition) is 5. The molecule has 0 saturated carbocycles. The Morgan fingerprint density at radius 1 is 0.886 bits per heavy atom. The van der Waals surface area contributed by atoms with E-state index < -0.39 is 29.1 Å². The molecule has 2 aromatic carbocycles. The third-order valence-corrected chi connectivity index (χ3v) is 9.93. The SMILES string of the molecule is Cc1cccc(Cl)c1N1CC=C[C@]23O[C@@]4(C)C=CCN(Cc5ccccc5)C(=O)[C@H]4[C@H]2C(=O)N(CCCCCCO)C3C1=O. The number of benzene rings is 2. The van der Waals surface area contributed by atoms with Crippen LogP contribution < -0.4 is 4.90 Å². The highest BCUT2D eigenvalue weighted by molar-refractivity contribution is 6.34. The predicted molar refractivity (Wildman–Crippen MR) is 169 cm³/mol. The summed E-state index contributed by atoms with van der Waals surface area (Å²) in [5.74, 6) is -2.31. The van der Waals surface area contributed by atoms with E-state index in [4.69, 9.17) is 16.3 Å². The number of anilines is 1. The molecule has 4 aliphatic heterocycles. The second-order valence-electron chi connectivity index (χ2n) is 12.5. The highest BCUT2D eigenvalue weighted by Gasteiger charge is 2.74. The first kappa shape index (κ1) is 30.6. The summed E-state index contributed by atoms with van der Waals surface area (Å²) in [4.78, 5) is 48.9. The maximum absolute atomic E-state index is 14.7. The second kappa shape index (κ2) is 12.1. The zero-order chi connectivity index (χ0) is 31.1. The molecule has 0 radical (unpaired) electrons. The third kappa shape index (κ3) is 5.07. The smallest absolute Gasteiger partial charge is 0.253 e. The Morgan fingerprint density at radius 3 is 2.39 bits per heavy atom. The number of nitrogens with zero attached hydrogens (tertiary/aromatic N) is 3. The molecule has 0 aliphatic carbocycles. The number of fused-ring (bicyclic) bond motifs is 2. The molecule has 4 heterocycles. The van der Waals surface area contributed by atoms with Gasteiger partial charge in [0.25, 0.3) is 5.91 Å². The fourth-order valence-corrected chi connectivity index (χ4v) is 7.99. The van der Waals surface area contributed by atoms with E-state index in [1.807, 2.05) is 80.6 Å². The first-order chi connectivity index (χ1) is 21.2. The zero-order valence-corrected chi connectivity index (χ0v) is 26.1. The minimum absolute atomic E-state index is 0.120. The number of amides is 3. The molecule has 1 spiro atoms. The van der Waals surface area contributed by atoms with Gasteiger partial charge in [0.1, 0.15) is 11.6 Å². The van der Waals surface area contributed by atoms with Crippen molar-refractivity contribution in [2.75, 3.05) is 31.1 Å². The average molecular weight is 618 g/mol. The van der Waals surface area contributed by atoms with E-state index >= 15 is 0 Å². The fourth-order valence-electron chi connectivity index (χ4n) is 7.67.